The van der Waals surface area contributed by atoms with E-state index in [1.165, 1.54) is 4.68 Å². The number of azo groups is 1. The normalized spacial score (nSPS) is 11.1. The molecule has 0 spiro atoms. The van der Waals surface area contributed by atoms with Gasteiger partial charge in [-0.15, -0.1) is 5.11 Å². The predicted octanol–water partition coefficient (Wildman–Crippen LogP) is 2.97. The Morgan fingerprint density at radius 2 is 2.00 bits per heavy atom. The molecule has 0 bridgehead atoms. The van der Waals surface area contributed by atoms with Crippen LogP contribution < -0.4 is 5.73 Å². The predicted molar refractivity (Wildman–Crippen MR) is 74.4 cm³/mol. The molecule has 19 heavy (non-hydrogen) atoms. The highest BCUT2D eigenvalue weighted by atomic mass is 15.4. The van der Waals surface area contributed by atoms with E-state index in [9.17, 15) is 0 Å². The molecule has 0 unspecified atom stereocenters. The monoisotopic (exact) mass is 256 g/mol. The summed E-state index contributed by atoms with van der Waals surface area (Å²) in [5.74, 6) is -0.127. The first kappa shape index (κ1) is 12.9. The summed E-state index contributed by atoms with van der Waals surface area (Å²) in [6, 6.07) is 7.77. The van der Waals surface area contributed by atoms with Gasteiger partial charge in [0.25, 0.3) is 0 Å². The maximum Gasteiger partial charge on any atom is 0.213 e. The second kappa shape index (κ2) is 5.01. The third-order valence-electron chi connectivity index (χ3n) is 2.75. The van der Waals surface area contributed by atoms with Gasteiger partial charge in [0.1, 0.15) is 5.69 Å². The van der Waals surface area contributed by atoms with Crippen LogP contribution in [0, 0.1) is 26.2 Å². The average molecular weight is 256 g/mol. The van der Waals surface area contributed by atoms with Crippen molar-refractivity contribution in [3.8, 4) is 0 Å². The van der Waals surface area contributed by atoms with Crippen molar-refractivity contribution in [1.82, 2.24) is 9.78 Å². The minimum Gasteiger partial charge on any atom is -0.368 e. The molecule has 0 fully saturated rings. The lowest BCUT2D eigenvalue weighted by Gasteiger charge is -1.99. The Balaban J connectivity index is 2.36. The number of aryl methyl sites for hydroxylation is 2. The van der Waals surface area contributed by atoms with E-state index < -0.39 is 0 Å². The van der Waals surface area contributed by atoms with Crippen molar-refractivity contribution in [2.75, 3.05) is 0 Å². The smallest absolute Gasteiger partial charge is 0.213 e. The highest BCUT2D eigenvalue weighted by molar-refractivity contribution is 5.78. The summed E-state index contributed by atoms with van der Waals surface area (Å²) in [5, 5.41) is 20.0. The molecular weight excluding hydrogens is 240 g/mol. The van der Waals surface area contributed by atoms with Gasteiger partial charge in [-0.3, -0.25) is 5.41 Å². The highest BCUT2D eigenvalue weighted by Gasteiger charge is 2.12. The molecule has 1 heterocycles. The van der Waals surface area contributed by atoms with Crippen LogP contribution in [-0.4, -0.2) is 15.7 Å². The summed E-state index contributed by atoms with van der Waals surface area (Å²) in [6.45, 7) is 5.63. The topological polar surface area (TPSA) is 92.4 Å². The van der Waals surface area contributed by atoms with Gasteiger partial charge in [-0.2, -0.15) is 10.2 Å². The minimum absolute atomic E-state index is 0.127. The molecule has 0 atom stereocenters. The first-order valence-electron chi connectivity index (χ1n) is 5.88. The Labute approximate surface area is 111 Å². The number of nitrogens with zero attached hydrogens (tertiary/aromatic N) is 4. The largest absolute Gasteiger partial charge is 0.368 e. The van der Waals surface area contributed by atoms with Gasteiger partial charge in [0.05, 0.1) is 17.1 Å². The maximum absolute atomic E-state index is 7.42. The SMILES string of the molecule is Cc1cccc(N=Nc2c(C)nn(C(=N)N)c2C)c1. The van der Waals surface area contributed by atoms with Crippen molar-refractivity contribution in [3.63, 3.8) is 0 Å². The Morgan fingerprint density at radius 1 is 1.26 bits per heavy atom. The van der Waals surface area contributed by atoms with Gasteiger partial charge in [-0.1, -0.05) is 12.1 Å². The number of nitrogens with one attached hydrogen (secondary N) is 1. The number of benzene rings is 1. The fourth-order valence-electron chi connectivity index (χ4n) is 1.81. The number of nitrogens with two attached hydrogens (primary N) is 1. The molecule has 98 valence electrons. The zero-order valence-electron chi connectivity index (χ0n) is 11.2. The second-order valence-electron chi connectivity index (χ2n) is 4.36. The first-order valence-corrected chi connectivity index (χ1v) is 5.88. The van der Waals surface area contributed by atoms with Gasteiger partial charge in [-0.25, -0.2) is 4.68 Å². The van der Waals surface area contributed by atoms with Crippen LogP contribution in [0.2, 0.25) is 0 Å². The van der Waals surface area contributed by atoms with Crippen LogP contribution in [0.1, 0.15) is 17.0 Å². The zero-order chi connectivity index (χ0) is 14.0. The minimum atomic E-state index is -0.127. The van der Waals surface area contributed by atoms with Crippen LogP contribution in [-0.2, 0) is 0 Å². The summed E-state index contributed by atoms with van der Waals surface area (Å²) >= 11 is 0. The molecule has 6 heteroatoms. The van der Waals surface area contributed by atoms with Crippen LogP contribution in [0.15, 0.2) is 34.5 Å². The molecule has 0 aliphatic rings. The number of hydrogen-bond acceptors (Lipinski definition) is 4. The molecule has 3 N–H and O–H groups in total. The lowest BCUT2D eigenvalue weighted by Crippen LogP contribution is -2.22. The number of hydrogen-bond donors (Lipinski definition) is 2. The van der Waals surface area contributed by atoms with E-state index in [0.29, 0.717) is 17.1 Å². The summed E-state index contributed by atoms with van der Waals surface area (Å²) in [6.07, 6.45) is 0. The van der Waals surface area contributed by atoms with E-state index in [0.717, 1.165) is 11.3 Å². The van der Waals surface area contributed by atoms with Crippen LogP contribution in [0.25, 0.3) is 0 Å². The number of aromatic nitrogens is 2. The van der Waals surface area contributed by atoms with Crippen molar-refractivity contribution in [2.24, 2.45) is 16.0 Å². The molecule has 1 aromatic carbocycles. The number of rotatable bonds is 2. The first-order chi connectivity index (χ1) is 8.99. The lowest BCUT2D eigenvalue weighted by atomic mass is 10.2. The Morgan fingerprint density at radius 3 is 2.58 bits per heavy atom. The van der Waals surface area contributed by atoms with Crippen LogP contribution in [0.3, 0.4) is 0 Å². The molecule has 0 saturated carbocycles. The molecule has 0 radical (unpaired) electrons. The van der Waals surface area contributed by atoms with E-state index in [4.69, 9.17) is 11.1 Å². The van der Waals surface area contributed by atoms with Gasteiger partial charge >= 0.3 is 0 Å². The van der Waals surface area contributed by atoms with E-state index >= 15 is 0 Å². The Hall–Kier alpha value is -2.50. The number of nitrogen functional groups attached to an aromatic ring is 1. The molecule has 0 aliphatic carbocycles. The van der Waals surface area contributed by atoms with Gasteiger partial charge in [0, 0.05) is 0 Å². The van der Waals surface area contributed by atoms with Crippen molar-refractivity contribution in [1.29, 1.82) is 5.41 Å². The Bertz CT molecular complexity index is 653. The third kappa shape index (κ3) is 2.67. The molecule has 2 aromatic rings. The van der Waals surface area contributed by atoms with E-state index in [1.54, 1.807) is 0 Å². The summed E-state index contributed by atoms with van der Waals surface area (Å²) in [4.78, 5) is 0. The fourth-order valence-corrected chi connectivity index (χ4v) is 1.81. The highest BCUT2D eigenvalue weighted by Crippen LogP contribution is 2.25. The van der Waals surface area contributed by atoms with Crippen molar-refractivity contribution < 1.29 is 0 Å². The van der Waals surface area contributed by atoms with Crippen molar-refractivity contribution in [2.45, 2.75) is 20.8 Å². The maximum atomic E-state index is 7.42. The van der Waals surface area contributed by atoms with E-state index in [-0.39, 0.29) is 5.96 Å². The second-order valence-corrected chi connectivity index (χ2v) is 4.36. The summed E-state index contributed by atoms with van der Waals surface area (Å²) in [7, 11) is 0. The molecular formula is C13H16N6. The van der Waals surface area contributed by atoms with E-state index in [2.05, 4.69) is 15.3 Å². The zero-order valence-corrected chi connectivity index (χ0v) is 11.2. The van der Waals surface area contributed by atoms with E-state index in [1.807, 2.05) is 45.0 Å². The molecule has 1 aromatic heterocycles. The molecule has 6 nitrogen and oxygen atoms in total. The molecule has 0 saturated heterocycles. The van der Waals surface area contributed by atoms with Crippen LogP contribution >= 0.6 is 0 Å². The average Bonchev–Trinajstić information content (AvgIpc) is 2.63. The molecule has 2 rings (SSSR count). The fraction of sp³-hybridized carbons (Fsp3) is 0.231. The van der Waals surface area contributed by atoms with Crippen LogP contribution in [0.4, 0.5) is 11.4 Å². The van der Waals surface area contributed by atoms with Gasteiger partial charge in [0.15, 0.2) is 0 Å². The summed E-state index contributed by atoms with van der Waals surface area (Å²) < 4.78 is 1.35. The van der Waals surface area contributed by atoms with Gasteiger partial charge < -0.3 is 5.73 Å². The Kier molecular flexibility index (Phi) is 3.41. The summed E-state index contributed by atoms with van der Waals surface area (Å²) in [5.41, 5.74) is 9.41. The lowest BCUT2D eigenvalue weighted by molar-refractivity contribution is 0.863. The van der Waals surface area contributed by atoms with Crippen molar-refractivity contribution in [3.05, 3.63) is 41.2 Å². The van der Waals surface area contributed by atoms with Gasteiger partial charge in [-0.05, 0) is 38.5 Å². The molecule has 0 aliphatic heterocycles. The van der Waals surface area contributed by atoms with Crippen LogP contribution in [0.5, 0.6) is 0 Å². The van der Waals surface area contributed by atoms with Crippen molar-refractivity contribution >= 4 is 17.3 Å². The standard InChI is InChI=1S/C13H16N6/c1-8-5-4-6-11(7-8)16-17-12-9(2)18-19(10(12)3)13(14)15/h4-7H,1-3H3,(H3,14,15). The molecule has 0 amide bonds. The third-order valence-corrected chi connectivity index (χ3v) is 2.75. The van der Waals surface area contributed by atoms with Gasteiger partial charge in [0.2, 0.25) is 5.96 Å². The quantitative estimate of drug-likeness (QED) is 0.491.